The van der Waals surface area contributed by atoms with Crippen molar-refractivity contribution in [3.8, 4) is 0 Å². The summed E-state index contributed by atoms with van der Waals surface area (Å²) in [5.74, 6) is 1.87. The van der Waals surface area contributed by atoms with Gasteiger partial charge in [0.25, 0.3) is 0 Å². The molecule has 6 rings (SSSR count). The van der Waals surface area contributed by atoms with E-state index in [1.165, 1.54) is 5.56 Å². The van der Waals surface area contributed by atoms with E-state index < -0.39 is 0 Å². The summed E-state index contributed by atoms with van der Waals surface area (Å²) in [4.78, 5) is 21.6. The van der Waals surface area contributed by atoms with E-state index in [1.807, 2.05) is 32.3 Å². The van der Waals surface area contributed by atoms with E-state index in [0.29, 0.717) is 11.9 Å². The maximum atomic E-state index is 12.5. The van der Waals surface area contributed by atoms with Crippen molar-refractivity contribution < 1.29 is 0 Å². The van der Waals surface area contributed by atoms with Crippen LogP contribution in [0.3, 0.4) is 0 Å². The SMILES string of the molecule is CC.CC.CN1C2[B]C1CN(c1nc(=O)n3c4c(cccc14)CCC3)C2. The van der Waals surface area contributed by atoms with Gasteiger partial charge in [0.1, 0.15) is 5.82 Å². The van der Waals surface area contributed by atoms with Gasteiger partial charge in [-0.15, -0.1) is 0 Å². The molecule has 0 amide bonds. The zero-order valence-corrected chi connectivity index (χ0v) is 16.7. The summed E-state index contributed by atoms with van der Waals surface area (Å²) in [6.07, 6.45) is 2.09. The molecule has 26 heavy (non-hydrogen) atoms. The maximum Gasteiger partial charge on any atom is 0.350 e. The maximum absolute atomic E-state index is 12.5. The minimum atomic E-state index is -0.0915. The van der Waals surface area contributed by atoms with Crippen molar-refractivity contribution in [3.63, 3.8) is 0 Å². The number of aromatic nitrogens is 2. The smallest absolute Gasteiger partial charge is 0.350 e. The van der Waals surface area contributed by atoms with Gasteiger partial charge in [0.2, 0.25) is 0 Å². The Morgan fingerprint density at radius 1 is 1.12 bits per heavy atom. The predicted octanol–water partition coefficient (Wildman–Crippen LogP) is 2.52. The quantitative estimate of drug-likeness (QED) is 0.739. The summed E-state index contributed by atoms with van der Waals surface area (Å²) in [6, 6.07) is 6.37. The molecule has 1 radical (unpaired) electrons. The molecule has 139 valence electrons. The van der Waals surface area contributed by atoms with Gasteiger partial charge in [0.05, 0.1) is 5.52 Å². The normalized spacial score (nSPS) is 23.0. The molecule has 2 bridgehead atoms. The number of hydrogen-bond donors (Lipinski definition) is 0. The molecule has 2 aromatic rings. The number of fused-ring (bicyclic) bond motifs is 2. The van der Waals surface area contributed by atoms with Crippen LogP contribution in [0.5, 0.6) is 0 Å². The molecule has 4 aliphatic rings. The average molecular weight is 353 g/mol. The van der Waals surface area contributed by atoms with E-state index >= 15 is 0 Å². The van der Waals surface area contributed by atoms with Gasteiger partial charge in [-0.25, -0.2) is 4.79 Å². The van der Waals surface area contributed by atoms with Gasteiger partial charge >= 0.3 is 5.69 Å². The van der Waals surface area contributed by atoms with Crippen LogP contribution in [0.4, 0.5) is 5.82 Å². The summed E-state index contributed by atoms with van der Waals surface area (Å²) in [5, 5.41) is 1.14. The Balaban J connectivity index is 0.000000461. The summed E-state index contributed by atoms with van der Waals surface area (Å²) >= 11 is 0. The van der Waals surface area contributed by atoms with Gasteiger partial charge in [0, 0.05) is 25.0 Å². The third-order valence-electron chi connectivity index (χ3n) is 5.50. The van der Waals surface area contributed by atoms with Crippen LogP contribution < -0.4 is 10.6 Å². The molecule has 1 aromatic carbocycles. The molecule has 0 aliphatic carbocycles. The number of benzene rings is 1. The van der Waals surface area contributed by atoms with Gasteiger partial charge in [0.15, 0.2) is 7.28 Å². The van der Waals surface area contributed by atoms with Crippen LogP contribution in [0.15, 0.2) is 23.0 Å². The second kappa shape index (κ2) is 7.83. The standard InChI is InChI=1S/C16H18BN4O.2C2H6/c1-19-12-8-20(9-13(19)17-12)15-11-6-2-4-10-5-3-7-21(14(10)11)16(22)18-15;2*1-2/h2,4,6,12-13H,3,5,7-9H2,1H3;2*1-2H3. The van der Waals surface area contributed by atoms with Crippen molar-refractivity contribution in [1.82, 2.24) is 14.5 Å². The first-order chi connectivity index (χ1) is 12.7. The lowest BCUT2D eigenvalue weighted by Gasteiger charge is -2.55. The molecule has 2 atom stereocenters. The number of para-hydroxylation sites is 1. The average Bonchev–Trinajstić information content (AvgIpc) is 2.73. The molecule has 1 aromatic heterocycles. The fourth-order valence-corrected chi connectivity index (χ4v) is 4.23. The molecule has 0 spiro atoms. The Labute approximate surface area is 157 Å². The van der Waals surface area contributed by atoms with E-state index in [2.05, 4.69) is 47.3 Å². The number of rotatable bonds is 1. The number of hydrogen-bond acceptors (Lipinski definition) is 4. The zero-order valence-electron chi connectivity index (χ0n) is 16.7. The van der Waals surface area contributed by atoms with E-state index in [4.69, 9.17) is 0 Å². The predicted molar refractivity (Wildman–Crippen MR) is 110 cm³/mol. The molecule has 5 heterocycles. The molecule has 0 N–H and O–H groups in total. The van der Waals surface area contributed by atoms with Crippen LogP contribution in [0.2, 0.25) is 0 Å². The topological polar surface area (TPSA) is 41.4 Å². The first-order valence-corrected chi connectivity index (χ1v) is 10.1. The molecular formula is C20H30BN4O. The van der Waals surface area contributed by atoms with Gasteiger partial charge < -0.3 is 9.80 Å². The lowest BCUT2D eigenvalue weighted by Crippen LogP contribution is -2.73. The van der Waals surface area contributed by atoms with E-state index in [1.54, 1.807) is 0 Å². The van der Waals surface area contributed by atoms with Crippen molar-refractivity contribution in [3.05, 3.63) is 34.2 Å². The van der Waals surface area contributed by atoms with Crippen LogP contribution in [0, 0.1) is 0 Å². The van der Waals surface area contributed by atoms with Crippen molar-refractivity contribution in [1.29, 1.82) is 0 Å². The second-order valence-electron chi connectivity index (χ2n) is 6.68. The van der Waals surface area contributed by atoms with Gasteiger partial charge in [-0.2, -0.15) is 4.98 Å². The van der Waals surface area contributed by atoms with Crippen molar-refractivity contribution >= 4 is 24.0 Å². The van der Waals surface area contributed by atoms with Crippen LogP contribution in [0.1, 0.15) is 39.7 Å². The first kappa shape index (κ1) is 19.0. The van der Waals surface area contributed by atoms with E-state index in [-0.39, 0.29) is 5.69 Å². The summed E-state index contributed by atoms with van der Waals surface area (Å²) in [7, 11) is 4.57. The Hall–Kier alpha value is -1.82. The first-order valence-electron chi connectivity index (χ1n) is 10.1. The van der Waals surface area contributed by atoms with Crippen LogP contribution in [-0.4, -0.2) is 53.8 Å². The van der Waals surface area contributed by atoms with Crippen molar-refractivity contribution in [2.45, 2.75) is 59.0 Å². The highest BCUT2D eigenvalue weighted by molar-refractivity contribution is 6.44. The zero-order chi connectivity index (χ0) is 18.8. The highest BCUT2D eigenvalue weighted by atomic mass is 16.1. The monoisotopic (exact) mass is 353 g/mol. The third kappa shape index (κ3) is 2.94. The molecule has 0 saturated carbocycles. The van der Waals surface area contributed by atoms with Crippen LogP contribution in [-0.2, 0) is 13.0 Å². The second-order valence-corrected chi connectivity index (χ2v) is 6.68. The van der Waals surface area contributed by atoms with Gasteiger partial charge in [-0.3, -0.25) is 4.57 Å². The van der Waals surface area contributed by atoms with Gasteiger partial charge in [-0.1, -0.05) is 39.8 Å². The Morgan fingerprint density at radius 3 is 2.46 bits per heavy atom. The number of piperazine rings is 1. The van der Waals surface area contributed by atoms with Crippen molar-refractivity contribution in [2.75, 3.05) is 25.0 Å². The highest BCUT2D eigenvalue weighted by Crippen LogP contribution is 2.32. The van der Waals surface area contributed by atoms with Crippen LogP contribution >= 0.6 is 0 Å². The molecule has 6 heteroatoms. The summed E-state index contributed by atoms with van der Waals surface area (Å²) in [6.45, 7) is 10.7. The number of nitrogens with zero attached hydrogens (tertiary/aromatic N) is 4. The Morgan fingerprint density at radius 2 is 1.81 bits per heavy atom. The fraction of sp³-hybridized carbons (Fsp3) is 0.600. The van der Waals surface area contributed by atoms with Crippen molar-refractivity contribution in [2.24, 2.45) is 0 Å². The molecule has 3 fully saturated rings. The third-order valence-corrected chi connectivity index (χ3v) is 5.50. The fourth-order valence-electron chi connectivity index (χ4n) is 4.23. The molecule has 4 aliphatic heterocycles. The molecule has 5 nitrogen and oxygen atoms in total. The number of likely N-dealkylation sites (N-methyl/N-ethyl adjacent to an activating group) is 1. The van der Waals surface area contributed by atoms with E-state index in [0.717, 1.165) is 49.2 Å². The molecular weight excluding hydrogens is 323 g/mol. The lowest BCUT2D eigenvalue weighted by atomic mass is 9.50. The Kier molecular flexibility index (Phi) is 5.71. The number of anilines is 1. The molecule has 3 saturated heterocycles. The number of aryl methyl sites for hydroxylation is 2. The van der Waals surface area contributed by atoms with Gasteiger partial charge in [-0.05, 0) is 43.4 Å². The largest absolute Gasteiger partial charge is 0.354 e. The summed E-state index contributed by atoms with van der Waals surface area (Å²) < 4.78 is 1.86. The van der Waals surface area contributed by atoms with E-state index in [9.17, 15) is 4.79 Å². The van der Waals surface area contributed by atoms with Crippen LogP contribution in [0.25, 0.3) is 10.9 Å². The minimum Gasteiger partial charge on any atom is -0.354 e. The highest BCUT2D eigenvalue weighted by Gasteiger charge is 2.43. The molecule has 2 unspecified atom stereocenters. The lowest BCUT2D eigenvalue weighted by molar-refractivity contribution is 0.193. The minimum absolute atomic E-state index is 0.0915. The summed E-state index contributed by atoms with van der Waals surface area (Å²) in [5.41, 5.74) is 2.31. The Bertz CT molecular complexity index is 822.